The molecule has 2 aromatic carbocycles. The Balaban J connectivity index is 2.04. The van der Waals surface area contributed by atoms with Crippen LogP contribution in [-0.4, -0.2) is 12.0 Å². The number of benzene rings is 2. The van der Waals surface area contributed by atoms with Crippen molar-refractivity contribution in [2.75, 3.05) is 0 Å². The predicted molar refractivity (Wildman–Crippen MR) is 93.6 cm³/mol. The average Bonchev–Trinajstić information content (AvgIpc) is 2.55. The summed E-state index contributed by atoms with van der Waals surface area (Å²) < 4.78 is 18.5. The minimum Gasteiger partial charge on any atom is -0.481 e. The van der Waals surface area contributed by atoms with E-state index in [2.05, 4.69) is 37.4 Å². The number of hydrogen-bond donors (Lipinski definition) is 1. The van der Waals surface area contributed by atoms with E-state index in [0.717, 1.165) is 17.5 Å². The molecule has 0 aliphatic carbocycles. The van der Waals surface area contributed by atoms with Crippen LogP contribution in [0.15, 0.2) is 42.5 Å². The topological polar surface area (TPSA) is 38.3 Å². The molecule has 1 amide bonds. The molecule has 0 aliphatic heterocycles. The van der Waals surface area contributed by atoms with Crippen molar-refractivity contribution in [1.29, 1.82) is 0 Å². The van der Waals surface area contributed by atoms with Gasteiger partial charge in [-0.15, -0.1) is 0 Å². The van der Waals surface area contributed by atoms with Crippen LogP contribution in [-0.2, 0) is 4.79 Å². The number of ether oxygens (including phenoxy) is 1. The Morgan fingerprint density at radius 1 is 1.17 bits per heavy atom. The van der Waals surface area contributed by atoms with E-state index in [1.807, 2.05) is 6.92 Å². The van der Waals surface area contributed by atoms with Crippen LogP contribution in [0, 0.1) is 19.7 Å². The maximum Gasteiger partial charge on any atom is 0.261 e. The molecule has 0 bridgehead atoms. The normalized spacial score (nSPS) is 13.2. The maximum absolute atomic E-state index is 12.9. The van der Waals surface area contributed by atoms with E-state index >= 15 is 0 Å². The highest BCUT2D eigenvalue weighted by Crippen LogP contribution is 2.22. The number of rotatable bonds is 6. The minimum absolute atomic E-state index is 0.0580. The first kappa shape index (κ1) is 18.0. The molecule has 128 valence electrons. The van der Waals surface area contributed by atoms with Crippen LogP contribution in [0.4, 0.5) is 4.39 Å². The lowest BCUT2D eigenvalue weighted by Gasteiger charge is -2.22. The van der Waals surface area contributed by atoms with Gasteiger partial charge in [-0.2, -0.15) is 0 Å². The molecule has 0 heterocycles. The van der Waals surface area contributed by atoms with E-state index in [9.17, 15) is 9.18 Å². The van der Waals surface area contributed by atoms with Gasteiger partial charge < -0.3 is 10.1 Å². The monoisotopic (exact) mass is 329 g/mol. The van der Waals surface area contributed by atoms with Crippen LogP contribution in [0.5, 0.6) is 5.75 Å². The van der Waals surface area contributed by atoms with Gasteiger partial charge in [-0.3, -0.25) is 4.79 Å². The van der Waals surface area contributed by atoms with Gasteiger partial charge in [-0.25, -0.2) is 4.39 Å². The van der Waals surface area contributed by atoms with E-state index in [4.69, 9.17) is 4.74 Å². The van der Waals surface area contributed by atoms with Gasteiger partial charge in [0, 0.05) is 0 Å². The molecule has 2 atom stereocenters. The molecule has 0 spiro atoms. The Labute approximate surface area is 142 Å². The van der Waals surface area contributed by atoms with Gasteiger partial charge in [0.05, 0.1) is 6.04 Å². The third-order valence-corrected chi connectivity index (χ3v) is 4.02. The van der Waals surface area contributed by atoms with Gasteiger partial charge in [0.25, 0.3) is 5.91 Å². The summed E-state index contributed by atoms with van der Waals surface area (Å²) in [6.07, 6.45) is 0.133. The van der Waals surface area contributed by atoms with Gasteiger partial charge >= 0.3 is 0 Å². The molecule has 0 saturated heterocycles. The van der Waals surface area contributed by atoms with Crippen molar-refractivity contribution in [1.82, 2.24) is 5.32 Å². The lowest BCUT2D eigenvalue weighted by atomic mass is 9.97. The zero-order chi connectivity index (χ0) is 17.7. The molecule has 2 aromatic rings. The summed E-state index contributed by atoms with van der Waals surface area (Å²) in [5.74, 6) is -0.0508. The van der Waals surface area contributed by atoms with E-state index < -0.39 is 6.10 Å². The Bertz CT molecular complexity index is 697. The predicted octanol–water partition coefficient (Wildman–Crippen LogP) is 4.48. The van der Waals surface area contributed by atoms with Crippen LogP contribution in [0.1, 0.15) is 43.0 Å². The fourth-order valence-electron chi connectivity index (χ4n) is 2.68. The molecule has 0 aliphatic rings. The van der Waals surface area contributed by atoms with E-state index in [-0.39, 0.29) is 17.8 Å². The lowest BCUT2D eigenvalue weighted by Crippen LogP contribution is -2.38. The largest absolute Gasteiger partial charge is 0.481 e. The Morgan fingerprint density at radius 2 is 1.83 bits per heavy atom. The molecule has 3 nitrogen and oxygen atoms in total. The van der Waals surface area contributed by atoms with Crippen LogP contribution in [0.25, 0.3) is 0 Å². The molecule has 2 rings (SSSR count). The Hall–Kier alpha value is -2.36. The van der Waals surface area contributed by atoms with Gasteiger partial charge in [0.2, 0.25) is 0 Å². The smallest absolute Gasteiger partial charge is 0.261 e. The lowest BCUT2D eigenvalue weighted by molar-refractivity contribution is -0.128. The molecule has 24 heavy (non-hydrogen) atoms. The number of hydrogen-bond acceptors (Lipinski definition) is 2. The highest BCUT2D eigenvalue weighted by Gasteiger charge is 2.20. The molecule has 0 fully saturated rings. The highest BCUT2D eigenvalue weighted by molar-refractivity contribution is 5.81. The van der Waals surface area contributed by atoms with Crippen LogP contribution >= 0.6 is 0 Å². The van der Waals surface area contributed by atoms with E-state index in [1.165, 1.54) is 29.8 Å². The Morgan fingerprint density at radius 3 is 2.42 bits per heavy atom. The quantitative estimate of drug-likeness (QED) is 0.849. The fourth-order valence-corrected chi connectivity index (χ4v) is 2.68. The number of nitrogens with one attached hydrogen (secondary N) is 1. The first-order chi connectivity index (χ1) is 11.4. The summed E-state index contributed by atoms with van der Waals surface area (Å²) in [6.45, 7) is 7.83. The Kier molecular flexibility index (Phi) is 5.96. The van der Waals surface area contributed by atoms with Crippen molar-refractivity contribution in [3.63, 3.8) is 0 Å². The first-order valence-electron chi connectivity index (χ1n) is 8.20. The standard InChI is InChI=1S/C20H24FNO2/c1-5-19(18-11-6-13(2)12-14(18)3)22-20(23)15(4)24-17-9-7-16(21)8-10-17/h6-12,15,19H,5H2,1-4H3,(H,22,23)/t15-,19-/m0/s1. The summed E-state index contributed by atoms with van der Waals surface area (Å²) >= 11 is 0. The third kappa shape index (κ3) is 4.57. The number of carbonyl (C=O) groups excluding carboxylic acids is 1. The number of carbonyl (C=O) groups is 1. The van der Waals surface area contributed by atoms with Crippen molar-refractivity contribution in [3.8, 4) is 5.75 Å². The van der Waals surface area contributed by atoms with Crippen LogP contribution in [0.2, 0.25) is 0 Å². The summed E-state index contributed by atoms with van der Waals surface area (Å²) in [5.41, 5.74) is 3.48. The third-order valence-electron chi connectivity index (χ3n) is 4.02. The summed E-state index contributed by atoms with van der Waals surface area (Å²) in [4.78, 5) is 12.4. The zero-order valence-electron chi connectivity index (χ0n) is 14.6. The SMILES string of the molecule is CC[C@H](NC(=O)[C@H](C)Oc1ccc(F)cc1)c1ccc(C)cc1C. The molecule has 0 radical (unpaired) electrons. The van der Waals surface area contributed by atoms with Crippen molar-refractivity contribution >= 4 is 5.91 Å². The van der Waals surface area contributed by atoms with Gasteiger partial charge in [-0.05, 0) is 62.6 Å². The van der Waals surface area contributed by atoms with Gasteiger partial charge in [0.1, 0.15) is 11.6 Å². The highest BCUT2D eigenvalue weighted by atomic mass is 19.1. The van der Waals surface area contributed by atoms with Crippen molar-refractivity contribution in [2.45, 2.75) is 46.3 Å². The number of amides is 1. The first-order valence-corrected chi connectivity index (χ1v) is 8.20. The second kappa shape index (κ2) is 7.95. The average molecular weight is 329 g/mol. The summed E-state index contributed by atoms with van der Waals surface area (Å²) in [7, 11) is 0. The molecule has 0 aromatic heterocycles. The molecule has 0 unspecified atom stereocenters. The fraction of sp³-hybridized carbons (Fsp3) is 0.350. The zero-order valence-corrected chi connectivity index (χ0v) is 14.6. The molecule has 1 N–H and O–H groups in total. The van der Waals surface area contributed by atoms with Gasteiger partial charge in [-0.1, -0.05) is 30.7 Å². The van der Waals surface area contributed by atoms with Crippen molar-refractivity contribution < 1.29 is 13.9 Å². The minimum atomic E-state index is -0.657. The van der Waals surface area contributed by atoms with E-state index in [0.29, 0.717) is 5.75 Å². The molecule has 4 heteroatoms. The van der Waals surface area contributed by atoms with Crippen molar-refractivity contribution in [3.05, 3.63) is 65.0 Å². The van der Waals surface area contributed by atoms with Crippen molar-refractivity contribution in [2.24, 2.45) is 0 Å². The van der Waals surface area contributed by atoms with Gasteiger partial charge in [0.15, 0.2) is 6.10 Å². The second-order valence-corrected chi connectivity index (χ2v) is 6.04. The summed E-state index contributed by atoms with van der Waals surface area (Å²) in [5, 5.41) is 3.04. The molecule has 0 saturated carbocycles. The number of aryl methyl sites for hydroxylation is 2. The molecular weight excluding hydrogens is 305 g/mol. The molecular formula is C20H24FNO2. The maximum atomic E-state index is 12.9. The van der Waals surface area contributed by atoms with Crippen LogP contribution < -0.4 is 10.1 Å². The van der Waals surface area contributed by atoms with E-state index in [1.54, 1.807) is 6.92 Å². The second-order valence-electron chi connectivity index (χ2n) is 6.04. The summed E-state index contributed by atoms with van der Waals surface area (Å²) in [6, 6.07) is 11.8. The number of halogens is 1. The van der Waals surface area contributed by atoms with Crippen LogP contribution in [0.3, 0.4) is 0 Å².